The largest absolute Gasteiger partial charge is 0.490 e. The molecular weight excluding hydrogens is 610 g/mol. The van der Waals surface area contributed by atoms with Crippen molar-refractivity contribution >= 4 is 63.1 Å². The molecule has 1 fully saturated rings. The average Bonchev–Trinajstić information content (AvgIpc) is 2.96. The minimum absolute atomic E-state index is 0.146. The number of methoxy groups -OCH3 is 1. The Morgan fingerprint density at radius 1 is 1.00 bits per heavy atom. The van der Waals surface area contributed by atoms with Gasteiger partial charge < -0.3 is 19.5 Å². The molecule has 5 amide bonds. The SMILES string of the molecule is CCOc1cc(/C=C2\C(=O)NC(=O)N(c3ccc(C(=O)OC)cc3)C2=O)cc(Br)c1OCC(=O)Nc1ccc(C)cc1. The summed E-state index contributed by atoms with van der Waals surface area (Å²) >= 11 is 3.42. The topological polar surface area (TPSA) is 140 Å². The molecule has 0 bridgehead atoms. The quantitative estimate of drug-likeness (QED) is 0.197. The van der Waals surface area contributed by atoms with Crippen LogP contribution in [0.3, 0.4) is 0 Å². The first-order chi connectivity index (χ1) is 20.1. The molecule has 0 unspecified atom stereocenters. The van der Waals surface area contributed by atoms with Gasteiger partial charge >= 0.3 is 12.0 Å². The number of carbonyl (C=O) groups is 5. The normalized spacial score (nSPS) is 14.0. The molecule has 1 saturated heterocycles. The van der Waals surface area contributed by atoms with Crippen molar-refractivity contribution in [2.75, 3.05) is 30.5 Å². The molecule has 0 radical (unpaired) electrons. The Bertz CT molecular complexity index is 1580. The monoisotopic (exact) mass is 635 g/mol. The number of hydrogen-bond donors (Lipinski definition) is 2. The zero-order chi connectivity index (χ0) is 30.4. The summed E-state index contributed by atoms with van der Waals surface area (Å²) in [4.78, 5) is 63.5. The predicted molar refractivity (Wildman–Crippen MR) is 157 cm³/mol. The van der Waals surface area contributed by atoms with Crippen molar-refractivity contribution in [2.45, 2.75) is 13.8 Å². The van der Waals surface area contributed by atoms with Crippen molar-refractivity contribution in [2.24, 2.45) is 0 Å². The van der Waals surface area contributed by atoms with E-state index in [9.17, 15) is 24.0 Å². The third-order valence-corrected chi connectivity index (χ3v) is 6.56. The third-order valence-electron chi connectivity index (χ3n) is 5.97. The fraction of sp³-hybridized carbons (Fsp3) is 0.167. The van der Waals surface area contributed by atoms with E-state index in [4.69, 9.17) is 9.47 Å². The summed E-state index contributed by atoms with van der Waals surface area (Å²) in [6, 6.07) is 15.1. The number of ether oxygens (including phenoxy) is 3. The molecule has 4 rings (SSSR count). The van der Waals surface area contributed by atoms with Crippen LogP contribution in [0.1, 0.15) is 28.4 Å². The molecule has 12 heteroatoms. The zero-order valence-electron chi connectivity index (χ0n) is 22.9. The van der Waals surface area contributed by atoms with E-state index >= 15 is 0 Å². The smallest absolute Gasteiger partial charge is 0.337 e. The van der Waals surface area contributed by atoms with Gasteiger partial charge in [-0.15, -0.1) is 0 Å². The van der Waals surface area contributed by atoms with Crippen LogP contribution in [0, 0.1) is 6.92 Å². The lowest BCUT2D eigenvalue weighted by Crippen LogP contribution is -2.54. The summed E-state index contributed by atoms with van der Waals surface area (Å²) in [5.41, 5.74) is 2.13. The number of nitrogens with zero attached hydrogens (tertiary/aromatic N) is 1. The van der Waals surface area contributed by atoms with E-state index in [2.05, 4.69) is 31.3 Å². The first-order valence-electron chi connectivity index (χ1n) is 12.7. The van der Waals surface area contributed by atoms with Gasteiger partial charge in [-0.3, -0.25) is 19.7 Å². The van der Waals surface area contributed by atoms with Crippen molar-refractivity contribution in [3.8, 4) is 11.5 Å². The van der Waals surface area contributed by atoms with Gasteiger partial charge in [-0.1, -0.05) is 17.7 Å². The van der Waals surface area contributed by atoms with Crippen LogP contribution < -0.4 is 25.0 Å². The van der Waals surface area contributed by atoms with Crippen LogP contribution in [0.2, 0.25) is 0 Å². The zero-order valence-corrected chi connectivity index (χ0v) is 24.4. The molecule has 2 N–H and O–H groups in total. The molecule has 216 valence electrons. The van der Waals surface area contributed by atoms with E-state index in [0.29, 0.717) is 15.7 Å². The molecule has 3 aromatic carbocycles. The minimum atomic E-state index is -0.934. The molecule has 0 saturated carbocycles. The van der Waals surface area contributed by atoms with Crippen LogP contribution in [0.5, 0.6) is 11.5 Å². The van der Waals surface area contributed by atoms with Gasteiger partial charge in [0.1, 0.15) is 5.57 Å². The maximum atomic E-state index is 13.3. The molecule has 1 aliphatic heterocycles. The minimum Gasteiger partial charge on any atom is -0.490 e. The van der Waals surface area contributed by atoms with Crippen LogP contribution in [0.25, 0.3) is 6.08 Å². The third kappa shape index (κ3) is 6.84. The molecule has 0 atom stereocenters. The van der Waals surface area contributed by atoms with Gasteiger partial charge in [-0.2, -0.15) is 0 Å². The highest BCUT2D eigenvalue weighted by Crippen LogP contribution is 2.38. The lowest BCUT2D eigenvalue weighted by Gasteiger charge is -2.26. The first kappa shape index (κ1) is 30.0. The van der Waals surface area contributed by atoms with Crippen LogP contribution in [-0.4, -0.2) is 50.0 Å². The summed E-state index contributed by atoms with van der Waals surface area (Å²) in [5, 5.41) is 4.91. The lowest BCUT2D eigenvalue weighted by atomic mass is 10.1. The van der Waals surface area contributed by atoms with Crippen molar-refractivity contribution in [1.29, 1.82) is 0 Å². The maximum absolute atomic E-state index is 13.3. The predicted octanol–water partition coefficient (Wildman–Crippen LogP) is 4.63. The van der Waals surface area contributed by atoms with Crippen LogP contribution >= 0.6 is 15.9 Å². The Kier molecular flexibility index (Phi) is 9.38. The molecule has 11 nitrogen and oxygen atoms in total. The number of urea groups is 1. The van der Waals surface area contributed by atoms with Crippen LogP contribution in [-0.2, 0) is 19.1 Å². The number of benzene rings is 3. The maximum Gasteiger partial charge on any atom is 0.337 e. The molecule has 3 aromatic rings. The van der Waals surface area contributed by atoms with E-state index in [1.807, 2.05) is 19.1 Å². The number of esters is 1. The second-order valence-corrected chi connectivity index (χ2v) is 9.82. The fourth-order valence-corrected chi connectivity index (χ4v) is 4.54. The van der Waals surface area contributed by atoms with Crippen LogP contribution in [0.15, 0.2) is 70.7 Å². The number of hydrogen-bond acceptors (Lipinski definition) is 8. The summed E-state index contributed by atoms with van der Waals surface area (Å²) in [5.74, 6) is -2.20. The summed E-state index contributed by atoms with van der Waals surface area (Å²) < 4.78 is 16.5. The highest BCUT2D eigenvalue weighted by molar-refractivity contribution is 9.10. The van der Waals surface area contributed by atoms with E-state index < -0.39 is 23.8 Å². The van der Waals surface area contributed by atoms with E-state index in [1.54, 1.807) is 31.2 Å². The number of halogens is 1. The molecule has 1 heterocycles. The van der Waals surface area contributed by atoms with Crippen molar-refractivity contribution in [1.82, 2.24) is 5.32 Å². The number of anilines is 2. The van der Waals surface area contributed by atoms with Gasteiger partial charge in [0.25, 0.3) is 17.7 Å². The van der Waals surface area contributed by atoms with Crippen LogP contribution in [0.4, 0.5) is 16.2 Å². The fourth-order valence-electron chi connectivity index (χ4n) is 3.97. The Morgan fingerprint density at radius 2 is 1.69 bits per heavy atom. The number of nitrogens with one attached hydrogen (secondary N) is 2. The molecular formula is C30H26BrN3O8. The number of rotatable bonds is 9. The van der Waals surface area contributed by atoms with Crippen molar-refractivity contribution in [3.63, 3.8) is 0 Å². The summed E-state index contributed by atoms with van der Waals surface area (Å²) in [6.07, 6.45) is 1.31. The van der Waals surface area contributed by atoms with Gasteiger partial charge in [-0.05, 0) is 89.9 Å². The van der Waals surface area contributed by atoms with E-state index in [-0.39, 0.29) is 47.4 Å². The highest BCUT2D eigenvalue weighted by atomic mass is 79.9. The number of barbiturate groups is 1. The Labute approximate surface area is 249 Å². The molecule has 0 aromatic heterocycles. The first-order valence-corrected chi connectivity index (χ1v) is 13.5. The standard InChI is InChI=1S/C30H26BrN3O8/c1-4-41-24-15-18(14-23(31)26(24)42-16-25(35)32-20-9-5-17(2)6-10-20)13-22-27(36)33-30(39)34(28(22)37)21-11-7-19(8-12-21)29(38)40-3/h5-15H,4,16H2,1-3H3,(H,32,35)(H,33,36,39)/b22-13+. The van der Waals surface area contributed by atoms with Gasteiger partial charge in [0, 0.05) is 5.69 Å². The van der Waals surface area contributed by atoms with Gasteiger partial charge in [-0.25, -0.2) is 14.5 Å². The summed E-state index contributed by atoms with van der Waals surface area (Å²) in [6.45, 7) is 3.67. The van der Waals surface area contributed by atoms with E-state index in [0.717, 1.165) is 10.5 Å². The van der Waals surface area contributed by atoms with Crippen molar-refractivity contribution in [3.05, 3.63) is 87.4 Å². The average molecular weight is 636 g/mol. The lowest BCUT2D eigenvalue weighted by molar-refractivity contribution is -0.122. The Morgan fingerprint density at radius 3 is 2.33 bits per heavy atom. The summed E-state index contributed by atoms with van der Waals surface area (Å²) in [7, 11) is 1.23. The van der Waals surface area contributed by atoms with Gasteiger partial charge in [0.15, 0.2) is 18.1 Å². The molecule has 0 spiro atoms. The molecule has 0 aliphatic carbocycles. The van der Waals surface area contributed by atoms with Crippen molar-refractivity contribution < 1.29 is 38.2 Å². The second-order valence-electron chi connectivity index (χ2n) is 8.96. The number of aryl methyl sites for hydroxylation is 1. The van der Waals surface area contributed by atoms with Gasteiger partial charge in [0.05, 0.1) is 29.4 Å². The number of carbonyl (C=O) groups excluding carboxylic acids is 5. The highest BCUT2D eigenvalue weighted by Gasteiger charge is 2.37. The number of amides is 5. The second kappa shape index (κ2) is 13.1. The Balaban J connectivity index is 1.57. The molecule has 1 aliphatic rings. The molecule has 42 heavy (non-hydrogen) atoms. The van der Waals surface area contributed by atoms with E-state index in [1.165, 1.54) is 37.5 Å². The van der Waals surface area contributed by atoms with Gasteiger partial charge in [0.2, 0.25) is 0 Å². The Hall–Kier alpha value is -4.97. The number of imide groups is 2.